The zero-order chi connectivity index (χ0) is 19.7. The van der Waals surface area contributed by atoms with Gasteiger partial charge in [-0.05, 0) is 75.6 Å². The quantitative estimate of drug-likeness (QED) is 0.507. The number of hydrogen-bond acceptors (Lipinski definition) is 3. The molecule has 0 atom stereocenters. The summed E-state index contributed by atoms with van der Waals surface area (Å²) in [5.41, 5.74) is 3.44. The second-order valence-corrected chi connectivity index (χ2v) is 8.66. The number of ether oxygens (including phenoxy) is 1. The van der Waals surface area contributed by atoms with E-state index in [-0.39, 0.29) is 11.8 Å². The van der Waals surface area contributed by atoms with Crippen LogP contribution >= 0.6 is 0 Å². The van der Waals surface area contributed by atoms with Crippen molar-refractivity contribution >= 4 is 11.8 Å². The zero-order valence-corrected chi connectivity index (χ0v) is 17.5. The summed E-state index contributed by atoms with van der Waals surface area (Å²) in [7, 11) is 0. The predicted molar refractivity (Wildman–Crippen MR) is 108 cm³/mol. The second-order valence-electron chi connectivity index (χ2n) is 8.66. The summed E-state index contributed by atoms with van der Waals surface area (Å²) in [4.78, 5) is 27.3. The molecule has 2 aliphatic rings. The molecule has 0 aliphatic heterocycles. The Kier molecular flexibility index (Phi) is 5.79. The van der Waals surface area contributed by atoms with Gasteiger partial charge < -0.3 is 4.74 Å². The lowest BCUT2D eigenvalue weighted by molar-refractivity contribution is -0.164. The highest BCUT2D eigenvalue weighted by molar-refractivity contribution is 6.09. The zero-order valence-electron chi connectivity index (χ0n) is 17.5. The van der Waals surface area contributed by atoms with E-state index < -0.39 is 10.8 Å². The van der Waals surface area contributed by atoms with Crippen LogP contribution < -0.4 is 0 Å². The lowest BCUT2D eigenvalue weighted by Crippen LogP contribution is -2.51. The number of ketones is 1. The van der Waals surface area contributed by atoms with Crippen LogP contribution in [0.15, 0.2) is 12.1 Å². The fraction of sp³-hybridized carbons (Fsp3) is 0.667. The van der Waals surface area contributed by atoms with E-state index in [9.17, 15) is 9.59 Å². The average molecular weight is 371 g/mol. The molecule has 0 bridgehead atoms. The number of benzene rings is 1. The first-order chi connectivity index (χ1) is 12.9. The topological polar surface area (TPSA) is 43.4 Å². The van der Waals surface area contributed by atoms with Crippen molar-refractivity contribution in [1.29, 1.82) is 0 Å². The Morgan fingerprint density at radius 1 is 0.889 bits per heavy atom. The van der Waals surface area contributed by atoms with Crippen molar-refractivity contribution in [2.75, 3.05) is 6.61 Å². The van der Waals surface area contributed by atoms with Crippen LogP contribution in [0.4, 0.5) is 0 Å². The van der Waals surface area contributed by atoms with E-state index in [2.05, 4.69) is 32.9 Å². The van der Waals surface area contributed by atoms with Gasteiger partial charge in [0.1, 0.15) is 5.41 Å². The van der Waals surface area contributed by atoms with Crippen LogP contribution in [0.25, 0.3) is 0 Å². The van der Waals surface area contributed by atoms with E-state index in [0.29, 0.717) is 19.4 Å². The molecule has 0 saturated heterocycles. The first-order valence-electron chi connectivity index (χ1n) is 10.7. The Morgan fingerprint density at radius 3 is 2.07 bits per heavy atom. The standard InChI is InChI=1S/C24H34O3/c1-5-27-22(26)24(15-7-6-8-16-24)21(25)23(13-9-10-14-23)20-12-11-17(2)18(3)19(20)4/h11-12H,5-10,13-16H2,1-4H3. The van der Waals surface area contributed by atoms with E-state index in [1.165, 1.54) is 16.7 Å². The molecule has 2 saturated carbocycles. The summed E-state index contributed by atoms with van der Waals surface area (Å²) in [6.07, 6.45) is 8.09. The SMILES string of the molecule is CCOC(=O)C1(C(=O)C2(c3ccc(C)c(C)c3C)CCCC2)CCCCC1. The Morgan fingerprint density at radius 2 is 1.48 bits per heavy atom. The molecule has 2 aliphatic carbocycles. The van der Waals surface area contributed by atoms with Crippen molar-refractivity contribution < 1.29 is 14.3 Å². The summed E-state index contributed by atoms with van der Waals surface area (Å²) >= 11 is 0. The number of rotatable bonds is 5. The van der Waals surface area contributed by atoms with E-state index >= 15 is 0 Å². The summed E-state index contributed by atoms with van der Waals surface area (Å²) < 4.78 is 5.46. The predicted octanol–water partition coefficient (Wildman–Crippen LogP) is 5.51. The Balaban J connectivity index is 2.12. The molecule has 1 aromatic carbocycles. The Labute approximate surface area is 163 Å². The van der Waals surface area contributed by atoms with Gasteiger partial charge >= 0.3 is 5.97 Å². The van der Waals surface area contributed by atoms with E-state index in [4.69, 9.17) is 4.74 Å². The van der Waals surface area contributed by atoms with Crippen molar-refractivity contribution in [3.63, 3.8) is 0 Å². The Bertz CT molecular complexity index is 719. The maximum absolute atomic E-state index is 14.2. The first-order valence-corrected chi connectivity index (χ1v) is 10.7. The van der Waals surface area contributed by atoms with Crippen LogP contribution in [-0.4, -0.2) is 18.4 Å². The van der Waals surface area contributed by atoms with E-state index in [1.807, 2.05) is 6.92 Å². The van der Waals surface area contributed by atoms with Crippen molar-refractivity contribution in [3.05, 3.63) is 34.4 Å². The molecule has 148 valence electrons. The first kappa shape index (κ1) is 20.1. The summed E-state index contributed by atoms with van der Waals surface area (Å²) in [6, 6.07) is 4.30. The third-order valence-corrected chi connectivity index (χ3v) is 7.27. The highest BCUT2D eigenvalue weighted by Crippen LogP contribution is 2.51. The van der Waals surface area contributed by atoms with E-state index in [0.717, 1.165) is 50.5 Å². The van der Waals surface area contributed by atoms with Crippen LogP contribution in [0.2, 0.25) is 0 Å². The highest BCUT2D eigenvalue weighted by Gasteiger charge is 2.57. The summed E-state index contributed by atoms with van der Waals surface area (Å²) in [5.74, 6) is -0.125. The monoisotopic (exact) mass is 370 g/mol. The largest absolute Gasteiger partial charge is 0.465 e. The lowest BCUT2D eigenvalue weighted by Gasteiger charge is -2.41. The van der Waals surface area contributed by atoms with E-state index in [1.54, 1.807) is 0 Å². The highest BCUT2D eigenvalue weighted by atomic mass is 16.5. The molecule has 0 spiro atoms. The van der Waals surface area contributed by atoms with Crippen molar-refractivity contribution in [1.82, 2.24) is 0 Å². The molecule has 0 aromatic heterocycles. The summed E-state index contributed by atoms with van der Waals surface area (Å²) in [6.45, 7) is 8.57. The number of carbonyl (C=O) groups excluding carboxylic acids is 2. The smallest absolute Gasteiger partial charge is 0.319 e. The fourth-order valence-electron chi connectivity index (χ4n) is 5.48. The molecule has 3 rings (SSSR count). The Hall–Kier alpha value is -1.64. The molecule has 0 heterocycles. The van der Waals surface area contributed by atoms with Gasteiger partial charge in [0.15, 0.2) is 5.78 Å². The van der Waals surface area contributed by atoms with Gasteiger partial charge in [0.05, 0.1) is 12.0 Å². The van der Waals surface area contributed by atoms with Crippen LogP contribution in [-0.2, 0) is 19.7 Å². The van der Waals surface area contributed by atoms with Gasteiger partial charge in [0, 0.05) is 0 Å². The van der Waals surface area contributed by atoms with Gasteiger partial charge in [-0.15, -0.1) is 0 Å². The number of Topliss-reactive ketones (excluding diaryl/α,β-unsaturated/α-hetero) is 1. The minimum Gasteiger partial charge on any atom is -0.465 e. The van der Waals surface area contributed by atoms with Crippen molar-refractivity contribution in [3.8, 4) is 0 Å². The van der Waals surface area contributed by atoms with Crippen molar-refractivity contribution in [2.24, 2.45) is 5.41 Å². The molecule has 0 N–H and O–H groups in total. The molecule has 2 fully saturated rings. The summed E-state index contributed by atoms with van der Waals surface area (Å²) in [5, 5.41) is 0. The number of aryl methyl sites for hydroxylation is 1. The molecule has 0 amide bonds. The third-order valence-electron chi connectivity index (χ3n) is 7.27. The lowest BCUT2D eigenvalue weighted by atomic mass is 9.59. The van der Waals surface area contributed by atoms with Crippen LogP contribution in [0, 0.1) is 26.2 Å². The second kappa shape index (κ2) is 7.77. The average Bonchev–Trinajstić information content (AvgIpc) is 3.17. The van der Waals surface area contributed by atoms with Gasteiger partial charge in [-0.25, -0.2) is 0 Å². The van der Waals surface area contributed by atoms with Crippen LogP contribution in [0.3, 0.4) is 0 Å². The van der Waals surface area contributed by atoms with Gasteiger partial charge in [0.2, 0.25) is 0 Å². The van der Waals surface area contributed by atoms with Gasteiger partial charge in [-0.2, -0.15) is 0 Å². The molecule has 3 heteroatoms. The molecule has 0 radical (unpaired) electrons. The van der Waals surface area contributed by atoms with Gasteiger partial charge in [-0.3, -0.25) is 9.59 Å². The number of carbonyl (C=O) groups is 2. The molecule has 3 nitrogen and oxygen atoms in total. The molecule has 27 heavy (non-hydrogen) atoms. The minimum atomic E-state index is -0.941. The maximum Gasteiger partial charge on any atom is 0.319 e. The minimum absolute atomic E-state index is 0.150. The number of hydrogen-bond donors (Lipinski definition) is 0. The van der Waals surface area contributed by atoms with Gasteiger partial charge in [-0.1, -0.05) is 44.2 Å². The molecule has 1 aromatic rings. The molecular weight excluding hydrogens is 336 g/mol. The third kappa shape index (κ3) is 3.23. The van der Waals surface area contributed by atoms with Gasteiger partial charge in [0.25, 0.3) is 0 Å². The maximum atomic E-state index is 14.2. The fourth-order valence-corrected chi connectivity index (χ4v) is 5.48. The normalized spacial score (nSPS) is 21.0. The van der Waals surface area contributed by atoms with Crippen molar-refractivity contribution in [2.45, 2.75) is 90.9 Å². The number of esters is 1. The van der Waals surface area contributed by atoms with Crippen LogP contribution in [0.5, 0.6) is 0 Å². The molecule has 0 unspecified atom stereocenters. The molecular formula is C24H34O3. The van der Waals surface area contributed by atoms with Crippen LogP contribution in [0.1, 0.15) is 87.0 Å².